The predicted molar refractivity (Wildman–Crippen MR) is 108 cm³/mol. The summed E-state index contributed by atoms with van der Waals surface area (Å²) >= 11 is 1.36. The molecule has 5 nitrogen and oxygen atoms in total. The average molecular weight is 436 g/mol. The molecule has 158 valence electrons. The zero-order chi connectivity index (χ0) is 21.7. The molecule has 0 amide bonds. The number of rotatable bonds is 7. The Balaban J connectivity index is 2.01. The van der Waals surface area contributed by atoms with Gasteiger partial charge in [-0.25, -0.2) is 9.78 Å². The third kappa shape index (κ3) is 4.96. The summed E-state index contributed by atoms with van der Waals surface area (Å²) in [5.74, 6) is -0.216. The molecule has 0 aliphatic carbocycles. The van der Waals surface area contributed by atoms with E-state index in [1.165, 1.54) is 24.1 Å². The number of alkyl halides is 3. The number of aromatic nitrogens is 1. The van der Waals surface area contributed by atoms with Gasteiger partial charge in [-0.3, -0.25) is 0 Å². The average Bonchev–Trinajstić information content (AvgIpc) is 3.26. The summed E-state index contributed by atoms with van der Waals surface area (Å²) in [6.45, 7) is 1.92. The predicted octanol–water partition coefficient (Wildman–Crippen LogP) is 5.87. The van der Waals surface area contributed by atoms with Crippen molar-refractivity contribution in [1.29, 1.82) is 0 Å². The van der Waals surface area contributed by atoms with Crippen molar-refractivity contribution in [2.24, 2.45) is 0 Å². The van der Waals surface area contributed by atoms with Crippen molar-refractivity contribution in [2.45, 2.75) is 24.7 Å². The lowest BCUT2D eigenvalue weighted by Gasteiger charge is -2.16. The van der Waals surface area contributed by atoms with Crippen LogP contribution in [0.1, 0.15) is 28.4 Å². The van der Waals surface area contributed by atoms with Gasteiger partial charge in [0.25, 0.3) is 0 Å². The van der Waals surface area contributed by atoms with Gasteiger partial charge in [-0.05, 0) is 49.1 Å². The lowest BCUT2D eigenvalue weighted by Crippen LogP contribution is -2.13. The molecule has 0 saturated carbocycles. The Kier molecular flexibility index (Phi) is 6.71. The number of carbonyl (C=O) groups is 1. The van der Waals surface area contributed by atoms with E-state index in [-0.39, 0.29) is 18.7 Å². The zero-order valence-corrected chi connectivity index (χ0v) is 17.1. The van der Waals surface area contributed by atoms with Crippen LogP contribution in [0.5, 0.6) is 0 Å². The van der Waals surface area contributed by atoms with E-state index in [1.807, 2.05) is 6.26 Å². The number of hydrogen-bond acceptors (Lipinski definition) is 6. The first-order chi connectivity index (χ1) is 14.3. The van der Waals surface area contributed by atoms with Crippen molar-refractivity contribution in [1.82, 2.24) is 4.98 Å². The number of pyridine rings is 1. The molecule has 0 aliphatic rings. The molecule has 1 aromatic carbocycles. The molecule has 1 N–H and O–H groups in total. The van der Waals surface area contributed by atoms with E-state index in [0.717, 1.165) is 12.1 Å². The fraction of sp³-hybridized carbons (Fsp3) is 0.238. The van der Waals surface area contributed by atoms with Crippen molar-refractivity contribution < 1.29 is 27.1 Å². The topological polar surface area (TPSA) is 64.4 Å². The Bertz CT molecular complexity index is 1020. The van der Waals surface area contributed by atoms with Crippen LogP contribution in [-0.4, -0.2) is 23.8 Å². The SMILES string of the molecule is CCOC(=O)c1c(NCc2cccc(C(F)(F)F)c2)cc(SC)nc1-c1ccco1. The molecular weight excluding hydrogens is 417 g/mol. The first-order valence-corrected chi connectivity index (χ1v) is 10.3. The van der Waals surface area contributed by atoms with E-state index in [4.69, 9.17) is 9.15 Å². The van der Waals surface area contributed by atoms with Gasteiger partial charge in [-0.1, -0.05) is 12.1 Å². The summed E-state index contributed by atoms with van der Waals surface area (Å²) in [7, 11) is 0. The van der Waals surface area contributed by atoms with Crippen LogP contribution >= 0.6 is 11.8 Å². The van der Waals surface area contributed by atoms with E-state index < -0.39 is 17.7 Å². The van der Waals surface area contributed by atoms with Crippen LogP contribution in [-0.2, 0) is 17.5 Å². The summed E-state index contributed by atoms with van der Waals surface area (Å²) in [4.78, 5) is 17.2. The maximum Gasteiger partial charge on any atom is 0.416 e. The van der Waals surface area contributed by atoms with Gasteiger partial charge in [0.05, 0.1) is 29.1 Å². The molecule has 0 radical (unpaired) electrons. The molecule has 30 heavy (non-hydrogen) atoms. The highest BCUT2D eigenvalue weighted by Gasteiger charge is 2.30. The van der Waals surface area contributed by atoms with Gasteiger partial charge in [0, 0.05) is 6.54 Å². The Morgan fingerprint density at radius 1 is 1.23 bits per heavy atom. The number of hydrogen-bond donors (Lipinski definition) is 1. The van der Waals surface area contributed by atoms with E-state index in [1.54, 1.807) is 31.2 Å². The van der Waals surface area contributed by atoms with Gasteiger partial charge >= 0.3 is 12.1 Å². The molecule has 0 bridgehead atoms. The van der Waals surface area contributed by atoms with Crippen LogP contribution in [0.4, 0.5) is 18.9 Å². The van der Waals surface area contributed by atoms with Crippen molar-refractivity contribution in [3.63, 3.8) is 0 Å². The van der Waals surface area contributed by atoms with Gasteiger partial charge in [0.1, 0.15) is 11.3 Å². The second-order valence-electron chi connectivity index (χ2n) is 6.19. The minimum atomic E-state index is -4.43. The molecule has 9 heteroatoms. The fourth-order valence-corrected chi connectivity index (χ4v) is 3.24. The minimum Gasteiger partial charge on any atom is -0.463 e. The molecule has 0 aliphatic heterocycles. The van der Waals surface area contributed by atoms with E-state index in [9.17, 15) is 18.0 Å². The fourth-order valence-electron chi connectivity index (χ4n) is 2.82. The van der Waals surface area contributed by atoms with E-state index in [0.29, 0.717) is 27.7 Å². The number of furan rings is 1. The van der Waals surface area contributed by atoms with E-state index in [2.05, 4.69) is 10.3 Å². The number of ether oxygens (including phenoxy) is 1. The molecule has 3 rings (SSSR count). The molecule has 0 atom stereocenters. The van der Waals surface area contributed by atoms with Gasteiger partial charge in [-0.2, -0.15) is 13.2 Å². The summed E-state index contributed by atoms with van der Waals surface area (Å²) in [5.41, 5.74) is 0.551. The Labute approximate surface area is 175 Å². The highest BCUT2D eigenvalue weighted by Crippen LogP contribution is 2.33. The number of nitrogens with zero attached hydrogens (tertiary/aromatic N) is 1. The molecule has 0 saturated heterocycles. The van der Waals surface area contributed by atoms with Gasteiger partial charge < -0.3 is 14.5 Å². The van der Waals surface area contributed by atoms with Gasteiger partial charge in [0.2, 0.25) is 0 Å². The number of nitrogens with one attached hydrogen (secondary N) is 1. The monoisotopic (exact) mass is 436 g/mol. The molecule has 2 aromatic heterocycles. The normalized spacial score (nSPS) is 11.4. The highest BCUT2D eigenvalue weighted by molar-refractivity contribution is 7.98. The number of anilines is 1. The van der Waals surface area contributed by atoms with Crippen molar-refractivity contribution in [3.8, 4) is 11.5 Å². The number of halogens is 3. The molecule has 0 spiro atoms. The number of carbonyl (C=O) groups excluding carboxylic acids is 1. The van der Waals surface area contributed by atoms with Crippen LogP contribution in [0.25, 0.3) is 11.5 Å². The lowest BCUT2D eigenvalue weighted by molar-refractivity contribution is -0.137. The first kappa shape index (κ1) is 21.8. The van der Waals surface area contributed by atoms with Gasteiger partial charge in [0.15, 0.2) is 5.76 Å². The molecule has 2 heterocycles. The van der Waals surface area contributed by atoms with Crippen molar-refractivity contribution in [2.75, 3.05) is 18.2 Å². The zero-order valence-electron chi connectivity index (χ0n) is 16.2. The molecular formula is C21H19F3N2O3S. The first-order valence-electron chi connectivity index (χ1n) is 9.03. The third-order valence-corrected chi connectivity index (χ3v) is 4.80. The second-order valence-corrected chi connectivity index (χ2v) is 7.01. The minimum absolute atomic E-state index is 0.0752. The smallest absolute Gasteiger partial charge is 0.416 e. The third-order valence-electron chi connectivity index (χ3n) is 4.18. The summed E-state index contributed by atoms with van der Waals surface area (Å²) in [5, 5.41) is 3.67. The van der Waals surface area contributed by atoms with Crippen LogP contribution in [0, 0.1) is 0 Å². The Morgan fingerprint density at radius 3 is 2.67 bits per heavy atom. The number of benzene rings is 1. The summed E-state index contributed by atoms with van der Waals surface area (Å²) < 4.78 is 49.6. The lowest BCUT2D eigenvalue weighted by atomic mass is 10.1. The van der Waals surface area contributed by atoms with Crippen LogP contribution < -0.4 is 5.32 Å². The van der Waals surface area contributed by atoms with Crippen LogP contribution in [0.2, 0.25) is 0 Å². The second kappa shape index (κ2) is 9.25. The quantitative estimate of drug-likeness (QED) is 0.369. The standard InChI is InChI=1S/C21H19F3N2O3S/c1-3-28-20(27)18-15(11-17(30-2)26-19(18)16-8-5-9-29-16)25-12-13-6-4-7-14(10-13)21(22,23)24/h4-11H,3,12H2,1-2H3,(H,25,26). The Morgan fingerprint density at radius 2 is 2.03 bits per heavy atom. The van der Waals surface area contributed by atoms with Crippen molar-refractivity contribution >= 4 is 23.4 Å². The van der Waals surface area contributed by atoms with Crippen LogP contribution in [0.3, 0.4) is 0 Å². The maximum atomic E-state index is 13.0. The Hall–Kier alpha value is -2.94. The summed E-state index contributed by atoms with van der Waals surface area (Å²) in [6.07, 6.45) is -1.14. The maximum absolute atomic E-state index is 13.0. The van der Waals surface area contributed by atoms with Crippen molar-refractivity contribution in [3.05, 3.63) is 65.4 Å². The molecule has 0 unspecified atom stereocenters. The number of thioether (sulfide) groups is 1. The number of esters is 1. The highest BCUT2D eigenvalue weighted by atomic mass is 32.2. The molecule has 0 fully saturated rings. The van der Waals surface area contributed by atoms with Crippen LogP contribution in [0.15, 0.2) is 58.2 Å². The molecule has 3 aromatic rings. The largest absolute Gasteiger partial charge is 0.463 e. The van der Waals surface area contributed by atoms with E-state index >= 15 is 0 Å². The van der Waals surface area contributed by atoms with Gasteiger partial charge in [-0.15, -0.1) is 11.8 Å². The summed E-state index contributed by atoms with van der Waals surface area (Å²) in [6, 6.07) is 10.0.